The molecule has 4 heteroatoms. The summed E-state index contributed by atoms with van der Waals surface area (Å²) < 4.78 is 0. The number of hydrogen-bond acceptors (Lipinski definition) is 2. The zero-order chi connectivity index (χ0) is 12.1. The van der Waals surface area contributed by atoms with E-state index in [1.54, 1.807) is 18.2 Å². The monoisotopic (exact) mass is 241 g/mol. The van der Waals surface area contributed by atoms with E-state index in [-0.39, 0.29) is 18.4 Å². The maximum atomic E-state index is 11.7. The lowest BCUT2D eigenvalue weighted by atomic mass is 10.1. The van der Waals surface area contributed by atoms with Crippen molar-refractivity contribution in [2.75, 3.05) is 11.9 Å². The molecule has 0 bridgehead atoms. The quantitative estimate of drug-likeness (QED) is 0.851. The van der Waals surface area contributed by atoms with Crippen molar-refractivity contribution in [3.63, 3.8) is 0 Å². The average Bonchev–Trinajstić information content (AvgIpc) is 2.26. The first-order valence-electron chi connectivity index (χ1n) is 5.27. The molecule has 3 nitrogen and oxygen atoms in total. The van der Waals surface area contributed by atoms with Crippen molar-refractivity contribution in [1.82, 2.24) is 0 Å². The zero-order valence-corrected chi connectivity index (χ0v) is 10.2. The van der Waals surface area contributed by atoms with Gasteiger partial charge >= 0.3 is 0 Å². The number of carbonyl (C=O) groups is 1. The predicted octanol–water partition coefficient (Wildman–Crippen LogP) is 2.61. The lowest BCUT2D eigenvalue weighted by Crippen LogP contribution is -2.25. The van der Waals surface area contributed by atoms with Crippen LogP contribution < -0.4 is 5.32 Å². The van der Waals surface area contributed by atoms with Gasteiger partial charge in [-0.2, -0.15) is 0 Å². The molecule has 0 saturated carbocycles. The number of aliphatic hydroxyl groups excluding tert-OH is 1. The van der Waals surface area contributed by atoms with Crippen LogP contribution in [0.1, 0.15) is 18.9 Å². The van der Waals surface area contributed by atoms with Crippen molar-refractivity contribution >= 4 is 23.2 Å². The second-order valence-electron chi connectivity index (χ2n) is 3.69. The largest absolute Gasteiger partial charge is 0.396 e. The highest BCUT2D eigenvalue weighted by molar-refractivity contribution is 6.31. The Hall–Kier alpha value is -1.06. The Morgan fingerprint density at radius 2 is 2.25 bits per heavy atom. The minimum absolute atomic E-state index is 0.137. The number of rotatable bonds is 4. The van der Waals surface area contributed by atoms with Gasteiger partial charge in [0.25, 0.3) is 0 Å². The van der Waals surface area contributed by atoms with Crippen LogP contribution in [-0.4, -0.2) is 17.6 Å². The fraction of sp³-hybridized carbons (Fsp3) is 0.417. The number of aliphatic hydroxyl groups is 1. The highest BCUT2D eigenvalue weighted by atomic mass is 35.5. The van der Waals surface area contributed by atoms with E-state index in [4.69, 9.17) is 16.7 Å². The molecule has 1 atom stereocenters. The highest BCUT2D eigenvalue weighted by Crippen LogP contribution is 2.23. The summed E-state index contributed by atoms with van der Waals surface area (Å²) in [6.07, 6.45) is 0.613. The third-order valence-electron chi connectivity index (χ3n) is 2.61. The molecule has 1 aromatic carbocycles. The van der Waals surface area contributed by atoms with Crippen LogP contribution in [-0.2, 0) is 4.79 Å². The van der Waals surface area contributed by atoms with E-state index in [9.17, 15) is 4.79 Å². The molecule has 0 saturated heterocycles. The summed E-state index contributed by atoms with van der Waals surface area (Å²) in [7, 11) is 0. The summed E-state index contributed by atoms with van der Waals surface area (Å²) in [5, 5.41) is 12.4. The third kappa shape index (κ3) is 2.97. The van der Waals surface area contributed by atoms with Crippen LogP contribution in [0.25, 0.3) is 0 Å². The molecular weight excluding hydrogens is 226 g/mol. The summed E-state index contributed by atoms with van der Waals surface area (Å²) >= 11 is 5.94. The topological polar surface area (TPSA) is 49.3 Å². The van der Waals surface area contributed by atoms with Crippen molar-refractivity contribution in [2.24, 2.45) is 5.92 Å². The smallest absolute Gasteiger partial charge is 0.229 e. The molecule has 0 fully saturated rings. The van der Waals surface area contributed by atoms with E-state index >= 15 is 0 Å². The number of carbonyl (C=O) groups excluding carboxylic acids is 1. The van der Waals surface area contributed by atoms with Crippen LogP contribution in [0.4, 0.5) is 5.69 Å². The minimum atomic E-state index is -0.363. The van der Waals surface area contributed by atoms with Crippen molar-refractivity contribution in [2.45, 2.75) is 20.3 Å². The van der Waals surface area contributed by atoms with Gasteiger partial charge in [-0.15, -0.1) is 0 Å². The number of amides is 1. The molecule has 0 heterocycles. The summed E-state index contributed by atoms with van der Waals surface area (Å²) in [5.74, 6) is -0.534. The van der Waals surface area contributed by atoms with E-state index in [0.29, 0.717) is 17.1 Å². The first kappa shape index (κ1) is 13.0. The van der Waals surface area contributed by atoms with E-state index in [0.717, 1.165) is 5.56 Å². The van der Waals surface area contributed by atoms with Gasteiger partial charge in [-0.1, -0.05) is 24.6 Å². The highest BCUT2D eigenvalue weighted by Gasteiger charge is 2.16. The van der Waals surface area contributed by atoms with Crippen molar-refractivity contribution in [3.8, 4) is 0 Å². The van der Waals surface area contributed by atoms with Crippen LogP contribution in [0.15, 0.2) is 18.2 Å². The second-order valence-corrected chi connectivity index (χ2v) is 4.10. The molecule has 2 N–H and O–H groups in total. The van der Waals surface area contributed by atoms with Gasteiger partial charge in [-0.3, -0.25) is 4.79 Å². The molecule has 0 spiro atoms. The fourth-order valence-corrected chi connectivity index (χ4v) is 1.55. The average molecular weight is 242 g/mol. The number of anilines is 1. The summed E-state index contributed by atoms with van der Waals surface area (Å²) in [4.78, 5) is 11.7. The Bertz CT molecular complexity index is 375. The standard InChI is InChI=1S/C12H16ClNO2/c1-3-9(7-15)12(16)14-11-6-4-5-10(13)8(11)2/h4-6,9,15H,3,7H2,1-2H3,(H,14,16). The molecule has 0 aliphatic heterocycles. The lowest BCUT2D eigenvalue weighted by molar-refractivity contribution is -0.121. The summed E-state index contributed by atoms with van der Waals surface area (Å²) in [5.41, 5.74) is 1.54. The van der Waals surface area contributed by atoms with E-state index in [1.165, 1.54) is 0 Å². The molecule has 1 unspecified atom stereocenters. The number of nitrogens with one attached hydrogen (secondary N) is 1. The Labute approximate surface area is 100 Å². The van der Waals surface area contributed by atoms with Gasteiger partial charge in [0.1, 0.15) is 0 Å². The summed E-state index contributed by atoms with van der Waals surface area (Å²) in [6, 6.07) is 5.35. The van der Waals surface area contributed by atoms with Crippen molar-refractivity contribution in [1.29, 1.82) is 0 Å². The van der Waals surface area contributed by atoms with Gasteiger partial charge in [0, 0.05) is 10.7 Å². The normalized spacial score (nSPS) is 12.2. The molecule has 1 amide bonds. The number of halogens is 1. The molecule has 0 aliphatic carbocycles. The maximum absolute atomic E-state index is 11.7. The molecule has 0 radical (unpaired) electrons. The molecule has 0 aromatic heterocycles. The summed E-state index contributed by atoms with van der Waals surface area (Å²) in [6.45, 7) is 3.57. The van der Waals surface area contributed by atoms with Gasteiger partial charge in [0.15, 0.2) is 0 Å². The van der Waals surface area contributed by atoms with Crippen molar-refractivity contribution < 1.29 is 9.90 Å². The molecule has 1 rings (SSSR count). The van der Waals surface area contributed by atoms with Crippen LogP contribution in [0.3, 0.4) is 0 Å². The fourth-order valence-electron chi connectivity index (χ4n) is 1.38. The van der Waals surface area contributed by atoms with Crippen LogP contribution in [0.2, 0.25) is 5.02 Å². The lowest BCUT2D eigenvalue weighted by Gasteiger charge is -2.14. The Balaban J connectivity index is 2.80. The molecule has 16 heavy (non-hydrogen) atoms. The van der Waals surface area contributed by atoms with Crippen LogP contribution in [0, 0.1) is 12.8 Å². The molecule has 88 valence electrons. The Kier molecular flexibility index (Phi) is 4.77. The first-order valence-corrected chi connectivity index (χ1v) is 5.64. The van der Waals surface area contributed by atoms with Gasteiger partial charge in [0.05, 0.1) is 12.5 Å². The molecule has 0 aliphatic rings. The zero-order valence-electron chi connectivity index (χ0n) is 9.46. The van der Waals surface area contributed by atoms with Gasteiger partial charge < -0.3 is 10.4 Å². The minimum Gasteiger partial charge on any atom is -0.396 e. The molecular formula is C12H16ClNO2. The first-order chi connectivity index (χ1) is 7.60. The second kappa shape index (κ2) is 5.87. The third-order valence-corrected chi connectivity index (χ3v) is 3.02. The Morgan fingerprint density at radius 3 is 2.81 bits per heavy atom. The van der Waals surface area contributed by atoms with E-state index < -0.39 is 0 Å². The van der Waals surface area contributed by atoms with Crippen molar-refractivity contribution in [3.05, 3.63) is 28.8 Å². The van der Waals surface area contributed by atoms with Crippen LogP contribution in [0.5, 0.6) is 0 Å². The van der Waals surface area contributed by atoms with Gasteiger partial charge in [-0.25, -0.2) is 0 Å². The molecule has 1 aromatic rings. The van der Waals surface area contributed by atoms with Gasteiger partial charge in [0.2, 0.25) is 5.91 Å². The predicted molar refractivity (Wildman–Crippen MR) is 65.7 cm³/mol. The SMILES string of the molecule is CCC(CO)C(=O)Nc1cccc(Cl)c1C. The van der Waals surface area contributed by atoms with E-state index in [1.807, 2.05) is 13.8 Å². The number of hydrogen-bond donors (Lipinski definition) is 2. The maximum Gasteiger partial charge on any atom is 0.229 e. The Morgan fingerprint density at radius 1 is 1.56 bits per heavy atom. The van der Waals surface area contributed by atoms with Gasteiger partial charge in [-0.05, 0) is 31.0 Å². The number of benzene rings is 1. The van der Waals surface area contributed by atoms with Crippen LogP contribution >= 0.6 is 11.6 Å². The van der Waals surface area contributed by atoms with E-state index in [2.05, 4.69) is 5.32 Å².